The van der Waals surface area contributed by atoms with Crippen LogP contribution in [0.15, 0.2) is 18.2 Å². The van der Waals surface area contributed by atoms with Gasteiger partial charge < -0.3 is 5.32 Å². The second-order valence-electron chi connectivity index (χ2n) is 4.16. The smallest absolute Gasteiger partial charge is 0.150 e. The van der Waals surface area contributed by atoms with Crippen LogP contribution >= 0.6 is 0 Å². The Labute approximate surface area is 78.0 Å². The van der Waals surface area contributed by atoms with Gasteiger partial charge in [-0.1, -0.05) is 26.0 Å². The highest BCUT2D eigenvalue weighted by Crippen LogP contribution is 2.36. The topological polar surface area (TPSA) is 29.1 Å². The minimum absolute atomic E-state index is 0.191. The van der Waals surface area contributed by atoms with Crippen molar-refractivity contribution in [3.8, 4) is 0 Å². The molecule has 0 aromatic heterocycles. The van der Waals surface area contributed by atoms with E-state index in [9.17, 15) is 4.79 Å². The average molecular weight is 175 g/mol. The molecule has 0 saturated heterocycles. The Morgan fingerprint density at radius 2 is 2.23 bits per heavy atom. The van der Waals surface area contributed by atoms with Crippen LogP contribution in [-0.4, -0.2) is 12.8 Å². The Kier molecular flexibility index (Phi) is 1.65. The molecule has 1 aliphatic rings. The highest BCUT2D eigenvalue weighted by Gasteiger charge is 2.29. The predicted molar refractivity (Wildman–Crippen MR) is 53.3 cm³/mol. The molecule has 13 heavy (non-hydrogen) atoms. The van der Waals surface area contributed by atoms with E-state index < -0.39 is 0 Å². The van der Waals surface area contributed by atoms with Crippen molar-refractivity contribution in [2.45, 2.75) is 19.3 Å². The summed E-state index contributed by atoms with van der Waals surface area (Å²) in [6.45, 7) is 5.35. The lowest BCUT2D eigenvalue weighted by Gasteiger charge is -2.16. The van der Waals surface area contributed by atoms with Gasteiger partial charge in [0.15, 0.2) is 0 Å². The van der Waals surface area contributed by atoms with Gasteiger partial charge in [0.05, 0.1) is 0 Å². The SMILES string of the molecule is CC1(C)CNc2cc(C=O)ccc21. The van der Waals surface area contributed by atoms with Crippen LogP contribution in [0.1, 0.15) is 29.8 Å². The lowest BCUT2D eigenvalue weighted by Crippen LogP contribution is -2.18. The molecule has 1 N–H and O–H groups in total. The first-order valence-corrected chi connectivity index (χ1v) is 4.47. The fraction of sp³-hybridized carbons (Fsp3) is 0.364. The summed E-state index contributed by atoms with van der Waals surface area (Å²) in [5.74, 6) is 0. The molecule has 0 saturated carbocycles. The Morgan fingerprint density at radius 3 is 2.92 bits per heavy atom. The fourth-order valence-corrected chi connectivity index (χ4v) is 1.78. The molecule has 0 radical (unpaired) electrons. The molecule has 2 heteroatoms. The van der Waals surface area contributed by atoms with Gasteiger partial charge in [-0.2, -0.15) is 0 Å². The normalized spacial score (nSPS) is 17.7. The van der Waals surface area contributed by atoms with Gasteiger partial charge in [0.2, 0.25) is 0 Å². The van der Waals surface area contributed by atoms with Crippen LogP contribution in [0.3, 0.4) is 0 Å². The van der Waals surface area contributed by atoms with E-state index in [1.54, 1.807) is 0 Å². The Balaban J connectivity index is 2.52. The van der Waals surface area contributed by atoms with Gasteiger partial charge in [-0.05, 0) is 11.6 Å². The highest BCUT2D eigenvalue weighted by atomic mass is 16.1. The average Bonchev–Trinajstić information content (AvgIpc) is 2.42. The van der Waals surface area contributed by atoms with Crippen molar-refractivity contribution >= 4 is 12.0 Å². The van der Waals surface area contributed by atoms with Gasteiger partial charge >= 0.3 is 0 Å². The van der Waals surface area contributed by atoms with Crippen LogP contribution in [0.5, 0.6) is 0 Å². The Bertz CT molecular complexity index is 355. The van der Waals surface area contributed by atoms with Crippen molar-refractivity contribution in [2.75, 3.05) is 11.9 Å². The molecule has 0 amide bonds. The molecular formula is C11H13NO. The number of nitrogens with one attached hydrogen (secondary N) is 1. The van der Waals surface area contributed by atoms with Crippen molar-refractivity contribution in [1.29, 1.82) is 0 Å². The number of benzene rings is 1. The molecule has 0 unspecified atom stereocenters. The first kappa shape index (κ1) is 8.30. The zero-order valence-corrected chi connectivity index (χ0v) is 7.92. The molecule has 0 spiro atoms. The van der Waals surface area contributed by atoms with E-state index in [2.05, 4.69) is 19.2 Å². The predicted octanol–water partition coefficient (Wildman–Crippen LogP) is 2.20. The van der Waals surface area contributed by atoms with Crippen LogP contribution in [-0.2, 0) is 5.41 Å². The molecule has 1 aromatic carbocycles. The van der Waals surface area contributed by atoms with Crippen molar-refractivity contribution < 1.29 is 4.79 Å². The first-order valence-electron chi connectivity index (χ1n) is 4.47. The van der Waals surface area contributed by atoms with Gasteiger partial charge in [0, 0.05) is 23.2 Å². The maximum absolute atomic E-state index is 10.5. The minimum Gasteiger partial charge on any atom is -0.384 e. The number of anilines is 1. The molecule has 0 bridgehead atoms. The number of carbonyl (C=O) groups is 1. The third kappa shape index (κ3) is 1.22. The van der Waals surface area contributed by atoms with Crippen LogP contribution in [0.2, 0.25) is 0 Å². The second-order valence-corrected chi connectivity index (χ2v) is 4.16. The summed E-state index contributed by atoms with van der Waals surface area (Å²) in [6.07, 6.45) is 0.882. The van der Waals surface area contributed by atoms with E-state index in [1.165, 1.54) is 5.56 Å². The van der Waals surface area contributed by atoms with Gasteiger partial charge in [-0.3, -0.25) is 4.79 Å². The Morgan fingerprint density at radius 1 is 1.46 bits per heavy atom. The lowest BCUT2D eigenvalue weighted by molar-refractivity contribution is 0.112. The van der Waals surface area contributed by atoms with E-state index in [0.717, 1.165) is 24.1 Å². The molecular weight excluding hydrogens is 162 g/mol. The van der Waals surface area contributed by atoms with E-state index >= 15 is 0 Å². The maximum atomic E-state index is 10.5. The van der Waals surface area contributed by atoms with E-state index in [-0.39, 0.29) is 5.41 Å². The van der Waals surface area contributed by atoms with Gasteiger partial charge in [-0.25, -0.2) is 0 Å². The summed E-state index contributed by atoms with van der Waals surface area (Å²) < 4.78 is 0. The number of rotatable bonds is 1. The van der Waals surface area contributed by atoms with Gasteiger partial charge in [-0.15, -0.1) is 0 Å². The monoisotopic (exact) mass is 175 g/mol. The Hall–Kier alpha value is -1.31. The summed E-state index contributed by atoms with van der Waals surface area (Å²) in [4.78, 5) is 10.5. The third-order valence-electron chi connectivity index (χ3n) is 2.63. The maximum Gasteiger partial charge on any atom is 0.150 e. The number of hydrogen-bond donors (Lipinski definition) is 1. The van der Waals surface area contributed by atoms with Gasteiger partial charge in [0.1, 0.15) is 6.29 Å². The van der Waals surface area contributed by atoms with Crippen molar-refractivity contribution in [3.63, 3.8) is 0 Å². The molecule has 68 valence electrons. The molecule has 2 rings (SSSR count). The summed E-state index contributed by atoms with van der Waals surface area (Å²) in [6, 6.07) is 5.83. The van der Waals surface area contributed by atoms with Crippen LogP contribution < -0.4 is 5.32 Å². The number of carbonyl (C=O) groups excluding carboxylic acids is 1. The van der Waals surface area contributed by atoms with E-state index in [4.69, 9.17) is 0 Å². The van der Waals surface area contributed by atoms with Crippen molar-refractivity contribution in [1.82, 2.24) is 0 Å². The standard InChI is InChI=1S/C11H13NO/c1-11(2)7-12-10-5-8(6-13)3-4-9(10)11/h3-6,12H,7H2,1-2H3. The van der Waals surface area contributed by atoms with Crippen LogP contribution in [0.4, 0.5) is 5.69 Å². The molecule has 0 fully saturated rings. The number of aldehydes is 1. The highest BCUT2D eigenvalue weighted by molar-refractivity contribution is 5.79. The molecule has 2 nitrogen and oxygen atoms in total. The molecule has 1 heterocycles. The van der Waals surface area contributed by atoms with Crippen LogP contribution in [0.25, 0.3) is 0 Å². The lowest BCUT2D eigenvalue weighted by atomic mass is 9.87. The number of hydrogen-bond acceptors (Lipinski definition) is 2. The van der Waals surface area contributed by atoms with Crippen LogP contribution in [0, 0.1) is 0 Å². The van der Waals surface area contributed by atoms with Crippen molar-refractivity contribution in [2.24, 2.45) is 0 Å². The van der Waals surface area contributed by atoms with Gasteiger partial charge in [0.25, 0.3) is 0 Å². The second kappa shape index (κ2) is 2.59. The fourth-order valence-electron chi connectivity index (χ4n) is 1.78. The molecule has 0 atom stereocenters. The van der Waals surface area contributed by atoms with E-state index in [0.29, 0.717) is 0 Å². The summed E-state index contributed by atoms with van der Waals surface area (Å²) >= 11 is 0. The van der Waals surface area contributed by atoms with E-state index in [1.807, 2.05) is 18.2 Å². The number of fused-ring (bicyclic) bond motifs is 1. The first-order chi connectivity index (χ1) is 6.13. The quantitative estimate of drug-likeness (QED) is 0.663. The minimum atomic E-state index is 0.191. The molecule has 0 aliphatic carbocycles. The zero-order chi connectivity index (χ0) is 9.47. The summed E-state index contributed by atoms with van der Waals surface area (Å²) in [5, 5.41) is 3.31. The zero-order valence-electron chi connectivity index (χ0n) is 7.92. The van der Waals surface area contributed by atoms with Crippen molar-refractivity contribution in [3.05, 3.63) is 29.3 Å². The molecule has 1 aromatic rings. The molecule has 1 aliphatic heterocycles. The summed E-state index contributed by atoms with van der Waals surface area (Å²) in [5.41, 5.74) is 3.34. The third-order valence-corrected chi connectivity index (χ3v) is 2.63. The largest absolute Gasteiger partial charge is 0.384 e. The summed E-state index contributed by atoms with van der Waals surface area (Å²) in [7, 11) is 0.